The molecular weight excluding hydrogens is 382 g/mol. The topological polar surface area (TPSA) is 65.1 Å². The third-order valence-electron chi connectivity index (χ3n) is 5.92. The van der Waals surface area contributed by atoms with E-state index in [2.05, 4.69) is 4.90 Å². The third-order valence-corrected chi connectivity index (χ3v) is 5.92. The number of ether oxygens (including phenoxy) is 3. The van der Waals surface area contributed by atoms with Crippen LogP contribution in [0.3, 0.4) is 0 Å². The summed E-state index contributed by atoms with van der Waals surface area (Å²) in [4.78, 5) is 27.5. The van der Waals surface area contributed by atoms with E-state index in [-0.39, 0.29) is 11.6 Å². The smallest absolute Gasteiger partial charge is 0.176 e. The Hall–Kier alpha value is -2.86. The molecular formula is C24H27NO5. The summed E-state index contributed by atoms with van der Waals surface area (Å²) < 4.78 is 17.0. The van der Waals surface area contributed by atoms with Crippen molar-refractivity contribution in [2.24, 2.45) is 0 Å². The zero-order valence-corrected chi connectivity index (χ0v) is 17.5. The average molecular weight is 409 g/mol. The molecule has 0 bridgehead atoms. The van der Waals surface area contributed by atoms with Crippen LogP contribution in [0.2, 0.25) is 0 Å². The molecule has 0 radical (unpaired) electrons. The summed E-state index contributed by atoms with van der Waals surface area (Å²) in [5, 5.41) is 0. The van der Waals surface area contributed by atoms with Crippen molar-refractivity contribution in [3.63, 3.8) is 0 Å². The Morgan fingerprint density at radius 3 is 2.47 bits per heavy atom. The molecule has 0 saturated carbocycles. The van der Waals surface area contributed by atoms with Crippen molar-refractivity contribution in [2.75, 3.05) is 33.4 Å². The van der Waals surface area contributed by atoms with E-state index in [0.29, 0.717) is 55.0 Å². The maximum absolute atomic E-state index is 12.7. The van der Waals surface area contributed by atoms with Gasteiger partial charge in [0, 0.05) is 37.6 Å². The summed E-state index contributed by atoms with van der Waals surface area (Å²) in [6, 6.07) is 12.6. The van der Waals surface area contributed by atoms with E-state index in [1.54, 1.807) is 25.3 Å². The molecule has 2 heterocycles. The predicted octanol–water partition coefficient (Wildman–Crippen LogP) is 3.78. The number of fused-ring (bicyclic) bond motifs is 1. The first-order valence-corrected chi connectivity index (χ1v) is 10.4. The number of likely N-dealkylation sites (tertiary alicyclic amines) is 1. The summed E-state index contributed by atoms with van der Waals surface area (Å²) in [6.07, 6.45) is 1.81. The molecule has 0 atom stereocenters. The van der Waals surface area contributed by atoms with Crippen molar-refractivity contribution in [3.8, 4) is 17.2 Å². The highest BCUT2D eigenvalue weighted by Crippen LogP contribution is 2.40. The van der Waals surface area contributed by atoms with Crippen LogP contribution in [0.15, 0.2) is 42.5 Å². The first-order chi connectivity index (χ1) is 14.5. The van der Waals surface area contributed by atoms with E-state index >= 15 is 0 Å². The highest BCUT2D eigenvalue weighted by atomic mass is 16.5. The molecule has 2 aliphatic heterocycles. The van der Waals surface area contributed by atoms with Gasteiger partial charge in [-0.3, -0.25) is 14.5 Å². The van der Waals surface area contributed by atoms with Crippen LogP contribution in [0.4, 0.5) is 0 Å². The number of rotatable bonds is 6. The number of benzene rings is 2. The Morgan fingerprint density at radius 2 is 1.80 bits per heavy atom. The van der Waals surface area contributed by atoms with Crippen molar-refractivity contribution < 1.29 is 23.8 Å². The van der Waals surface area contributed by atoms with E-state index < -0.39 is 5.60 Å². The molecule has 6 nitrogen and oxygen atoms in total. The maximum atomic E-state index is 12.7. The molecule has 2 aromatic rings. The van der Waals surface area contributed by atoms with Crippen molar-refractivity contribution in [1.82, 2.24) is 4.90 Å². The van der Waals surface area contributed by atoms with Crippen molar-refractivity contribution in [2.45, 2.75) is 31.8 Å². The summed E-state index contributed by atoms with van der Waals surface area (Å²) in [6.45, 7) is 4.33. The van der Waals surface area contributed by atoms with Gasteiger partial charge in [-0.15, -0.1) is 0 Å². The van der Waals surface area contributed by atoms with E-state index in [0.717, 1.165) is 18.8 Å². The lowest BCUT2D eigenvalue weighted by Crippen LogP contribution is -2.51. The Morgan fingerprint density at radius 1 is 1.10 bits per heavy atom. The van der Waals surface area contributed by atoms with Crippen LogP contribution in [0.5, 0.6) is 17.2 Å². The Bertz CT molecular complexity index is 929. The molecule has 0 aromatic heterocycles. The Balaban J connectivity index is 1.37. The van der Waals surface area contributed by atoms with Crippen LogP contribution in [-0.4, -0.2) is 55.4 Å². The van der Waals surface area contributed by atoms with Gasteiger partial charge in [0.15, 0.2) is 11.6 Å². The fourth-order valence-corrected chi connectivity index (χ4v) is 4.20. The molecule has 6 heteroatoms. The quantitative estimate of drug-likeness (QED) is 0.677. The fraction of sp³-hybridized carbons (Fsp3) is 0.417. The van der Waals surface area contributed by atoms with Crippen LogP contribution in [0, 0.1) is 0 Å². The fourth-order valence-electron chi connectivity index (χ4n) is 4.20. The third kappa shape index (κ3) is 4.19. The summed E-state index contributed by atoms with van der Waals surface area (Å²) in [5.74, 6) is 2.24. The minimum Gasteiger partial charge on any atom is -0.497 e. The number of Topliss-reactive ketones (excluding diaryl/α,β-unsaturated/α-hetero) is 2. The van der Waals surface area contributed by atoms with Crippen molar-refractivity contribution in [1.29, 1.82) is 0 Å². The second kappa shape index (κ2) is 8.48. The van der Waals surface area contributed by atoms with Gasteiger partial charge < -0.3 is 14.2 Å². The van der Waals surface area contributed by atoms with E-state index in [9.17, 15) is 9.59 Å². The van der Waals surface area contributed by atoms with Crippen molar-refractivity contribution >= 4 is 11.6 Å². The molecule has 0 unspecified atom stereocenters. The Labute approximate surface area is 176 Å². The van der Waals surface area contributed by atoms with E-state index in [1.807, 2.05) is 31.2 Å². The van der Waals surface area contributed by atoms with Gasteiger partial charge in [-0.1, -0.05) is 0 Å². The van der Waals surface area contributed by atoms with Gasteiger partial charge in [-0.05, 0) is 43.3 Å². The summed E-state index contributed by atoms with van der Waals surface area (Å²) in [5.41, 5.74) is 0.813. The molecule has 1 fully saturated rings. The van der Waals surface area contributed by atoms with Crippen molar-refractivity contribution in [3.05, 3.63) is 53.6 Å². The standard InChI is InChI=1S/C24H27NO5/c1-3-29-18-6-4-17(5-7-18)22(27)16-25-12-10-24(11-13-25)15-21(26)20-9-8-19(28-2)14-23(20)30-24/h4-9,14H,3,10-13,15-16H2,1-2H3. The van der Waals surface area contributed by atoms with Crippen LogP contribution < -0.4 is 14.2 Å². The molecule has 2 aliphatic rings. The van der Waals surface area contributed by atoms with Gasteiger partial charge in [0.05, 0.1) is 32.2 Å². The van der Waals surface area contributed by atoms with Crippen LogP contribution in [0.1, 0.15) is 46.9 Å². The van der Waals surface area contributed by atoms with Crippen LogP contribution in [0.25, 0.3) is 0 Å². The highest BCUT2D eigenvalue weighted by Gasteiger charge is 2.43. The summed E-state index contributed by atoms with van der Waals surface area (Å²) in [7, 11) is 1.60. The largest absolute Gasteiger partial charge is 0.497 e. The molecule has 4 rings (SSSR count). The number of ketones is 2. The molecule has 0 N–H and O–H groups in total. The number of hydrogen-bond donors (Lipinski definition) is 0. The monoisotopic (exact) mass is 409 g/mol. The second-order valence-corrected chi connectivity index (χ2v) is 7.90. The predicted molar refractivity (Wildman–Crippen MR) is 113 cm³/mol. The van der Waals surface area contributed by atoms with Gasteiger partial charge in [0.1, 0.15) is 22.8 Å². The van der Waals surface area contributed by atoms with Gasteiger partial charge >= 0.3 is 0 Å². The number of piperidine rings is 1. The molecule has 0 amide bonds. The zero-order valence-electron chi connectivity index (χ0n) is 17.5. The molecule has 2 aromatic carbocycles. The number of carbonyl (C=O) groups excluding carboxylic acids is 2. The van der Waals surface area contributed by atoms with Crippen LogP contribution >= 0.6 is 0 Å². The first-order valence-electron chi connectivity index (χ1n) is 10.4. The second-order valence-electron chi connectivity index (χ2n) is 7.90. The lowest BCUT2D eigenvalue weighted by molar-refractivity contribution is -0.00813. The number of hydrogen-bond acceptors (Lipinski definition) is 6. The SMILES string of the molecule is CCOc1ccc(C(=O)CN2CCC3(CC2)CC(=O)c2ccc(OC)cc2O3)cc1. The minimum absolute atomic E-state index is 0.0877. The highest BCUT2D eigenvalue weighted by molar-refractivity contribution is 6.00. The average Bonchev–Trinajstić information content (AvgIpc) is 2.76. The first kappa shape index (κ1) is 20.4. The summed E-state index contributed by atoms with van der Waals surface area (Å²) >= 11 is 0. The van der Waals surface area contributed by atoms with Gasteiger partial charge in [-0.25, -0.2) is 0 Å². The number of nitrogens with zero attached hydrogens (tertiary/aromatic N) is 1. The minimum atomic E-state index is -0.491. The van der Waals surface area contributed by atoms with Crippen LogP contribution in [-0.2, 0) is 0 Å². The molecule has 0 aliphatic carbocycles. The molecule has 158 valence electrons. The molecule has 1 spiro atoms. The van der Waals surface area contributed by atoms with E-state index in [4.69, 9.17) is 14.2 Å². The van der Waals surface area contributed by atoms with Gasteiger partial charge in [-0.2, -0.15) is 0 Å². The molecule has 1 saturated heterocycles. The molecule has 30 heavy (non-hydrogen) atoms. The number of carbonyl (C=O) groups is 2. The zero-order chi connectivity index (χ0) is 21.1. The lowest BCUT2D eigenvalue weighted by atomic mass is 9.82. The Kier molecular flexibility index (Phi) is 5.77. The normalized spacial score (nSPS) is 17.9. The van der Waals surface area contributed by atoms with Gasteiger partial charge in [0.25, 0.3) is 0 Å². The van der Waals surface area contributed by atoms with E-state index in [1.165, 1.54) is 0 Å². The van der Waals surface area contributed by atoms with Gasteiger partial charge in [0.2, 0.25) is 0 Å². The maximum Gasteiger partial charge on any atom is 0.176 e. The number of methoxy groups -OCH3 is 1. The lowest BCUT2D eigenvalue weighted by Gasteiger charge is -2.43.